The molecule has 0 atom stereocenters. The summed E-state index contributed by atoms with van der Waals surface area (Å²) in [6.07, 6.45) is 2.36. The fourth-order valence-corrected chi connectivity index (χ4v) is 1.86. The minimum atomic E-state index is -1.02. The molecule has 0 aliphatic heterocycles. The van der Waals surface area contributed by atoms with Crippen molar-refractivity contribution in [3.8, 4) is 0 Å². The number of hydrogen-bond acceptors (Lipinski definition) is 3. The molecule has 0 aliphatic rings. The Kier molecular flexibility index (Phi) is 3.79. The fourth-order valence-electron chi connectivity index (χ4n) is 1.86. The molecule has 6 heteroatoms. The Balaban J connectivity index is 2.28. The first-order valence-corrected chi connectivity index (χ1v) is 6.07. The molecule has 0 saturated heterocycles. The predicted octanol–water partition coefficient (Wildman–Crippen LogP) is 1.26. The summed E-state index contributed by atoms with van der Waals surface area (Å²) < 4.78 is 1.65. The number of benzene rings is 1. The van der Waals surface area contributed by atoms with Crippen LogP contribution in [0, 0.1) is 0 Å². The van der Waals surface area contributed by atoms with Gasteiger partial charge in [-0.3, -0.25) is 4.79 Å². The third-order valence-corrected chi connectivity index (χ3v) is 2.77. The van der Waals surface area contributed by atoms with E-state index in [1.807, 2.05) is 6.92 Å². The molecule has 1 aromatic heterocycles. The summed E-state index contributed by atoms with van der Waals surface area (Å²) in [6.45, 7) is 2.75. The van der Waals surface area contributed by atoms with E-state index in [0.29, 0.717) is 17.6 Å². The molecule has 0 spiro atoms. The maximum Gasteiger partial charge on any atom is 0.337 e. The van der Waals surface area contributed by atoms with E-state index in [9.17, 15) is 9.59 Å². The number of rotatable bonds is 5. The van der Waals surface area contributed by atoms with E-state index >= 15 is 0 Å². The first-order chi connectivity index (χ1) is 9.13. The lowest BCUT2D eigenvalue weighted by Gasteiger charge is -2.05. The van der Waals surface area contributed by atoms with E-state index in [1.54, 1.807) is 16.7 Å². The van der Waals surface area contributed by atoms with Crippen LogP contribution in [0.1, 0.15) is 23.7 Å². The standard InChI is InChI=1S/C13H15N3O3/c1-2-6-14-11(17)7-16-8-15-12-9(13(18)19)4-3-5-10(12)16/h3-5,8H,2,6-7H2,1H3,(H,14,17)(H,18,19). The van der Waals surface area contributed by atoms with E-state index in [4.69, 9.17) is 5.11 Å². The minimum absolute atomic E-state index is 0.109. The van der Waals surface area contributed by atoms with Gasteiger partial charge in [0.25, 0.3) is 0 Å². The lowest BCUT2D eigenvalue weighted by atomic mass is 10.2. The van der Waals surface area contributed by atoms with Crippen molar-refractivity contribution in [1.82, 2.24) is 14.9 Å². The molecule has 0 aliphatic carbocycles. The van der Waals surface area contributed by atoms with Gasteiger partial charge in [0.2, 0.25) is 5.91 Å². The fraction of sp³-hybridized carbons (Fsp3) is 0.308. The Morgan fingerprint density at radius 1 is 1.42 bits per heavy atom. The van der Waals surface area contributed by atoms with Gasteiger partial charge >= 0.3 is 5.97 Å². The molecule has 2 aromatic rings. The summed E-state index contributed by atoms with van der Waals surface area (Å²) in [6, 6.07) is 4.90. The number of nitrogens with one attached hydrogen (secondary N) is 1. The molecule has 0 unspecified atom stereocenters. The lowest BCUT2D eigenvalue weighted by molar-refractivity contribution is -0.121. The topological polar surface area (TPSA) is 84.2 Å². The van der Waals surface area contributed by atoms with Crippen LogP contribution >= 0.6 is 0 Å². The molecule has 19 heavy (non-hydrogen) atoms. The number of imidazole rings is 1. The molecule has 0 fully saturated rings. The van der Waals surface area contributed by atoms with Gasteiger partial charge < -0.3 is 15.0 Å². The maximum absolute atomic E-state index is 11.7. The molecule has 0 bridgehead atoms. The summed E-state index contributed by atoms with van der Waals surface area (Å²) in [5.74, 6) is -1.13. The van der Waals surface area contributed by atoms with Crippen LogP contribution in [-0.2, 0) is 11.3 Å². The van der Waals surface area contributed by atoms with Crippen molar-refractivity contribution in [1.29, 1.82) is 0 Å². The third kappa shape index (κ3) is 2.73. The second-order valence-electron chi connectivity index (χ2n) is 4.20. The van der Waals surface area contributed by atoms with Crippen molar-refractivity contribution in [3.63, 3.8) is 0 Å². The summed E-state index contributed by atoms with van der Waals surface area (Å²) in [5.41, 5.74) is 1.19. The highest BCUT2D eigenvalue weighted by Gasteiger charge is 2.13. The summed E-state index contributed by atoms with van der Waals surface area (Å²) >= 11 is 0. The van der Waals surface area contributed by atoms with Crippen molar-refractivity contribution in [2.24, 2.45) is 0 Å². The van der Waals surface area contributed by atoms with Crippen LogP contribution in [0.25, 0.3) is 11.0 Å². The first-order valence-electron chi connectivity index (χ1n) is 6.07. The number of carboxylic acids is 1. The minimum Gasteiger partial charge on any atom is -0.478 e. The van der Waals surface area contributed by atoms with Gasteiger partial charge in [0.05, 0.1) is 17.4 Å². The number of aromatic carboxylic acids is 1. The number of carboxylic acid groups (broad SMARTS) is 1. The molecule has 0 saturated carbocycles. The number of fused-ring (bicyclic) bond motifs is 1. The largest absolute Gasteiger partial charge is 0.478 e. The van der Waals surface area contributed by atoms with Crippen molar-refractivity contribution >= 4 is 22.9 Å². The van der Waals surface area contributed by atoms with E-state index in [-0.39, 0.29) is 18.0 Å². The quantitative estimate of drug-likeness (QED) is 0.848. The molecule has 100 valence electrons. The molecule has 0 radical (unpaired) electrons. The number of nitrogens with zero attached hydrogens (tertiary/aromatic N) is 2. The molecular weight excluding hydrogens is 246 g/mol. The highest BCUT2D eigenvalue weighted by molar-refractivity contribution is 6.01. The number of aromatic nitrogens is 2. The van der Waals surface area contributed by atoms with E-state index in [2.05, 4.69) is 10.3 Å². The number of para-hydroxylation sites is 1. The van der Waals surface area contributed by atoms with Gasteiger partial charge in [-0.1, -0.05) is 13.0 Å². The van der Waals surface area contributed by atoms with Gasteiger partial charge in [0, 0.05) is 6.54 Å². The molecule has 1 aromatic carbocycles. The first kappa shape index (κ1) is 13.1. The van der Waals surface area contributed by atoms with Gasteiger partial charge in [-0.25, -0.2) is 9.78 Å². The maximum atomic E-state index is 11.7. The van der Waals surface area contributed by atoms with Crippen LogP contribution < -0.4 is 5.32 Å². The van der Waals surface area contributed by atoms with Crippen molar-refractivity contribution < 1.29 is 14.7 Å². The smallest absolute Gasteiger partial charge is 0.337 e. The monoisotopic (exact) mass is 261 g/mol. The lowest BCUT2D eigenvalue weighted by Crippen LogP contribution is -2.27. The van der Waals surface area contributed by atoms with Gasteiger partial charge in [-0.2, -0.15) is 0 Å². The Bertz CT molecular complexity index is 619. The normalized spacial score (nSPS) is 10.6. The third-order valence-electron chi connectivity index (χ3n) is 2.77. The van der Waals surface area contributed by atoms with E-state index < -0.39 is 5.97 Å². The molecular formula is C13H15N3O3. The molecule has 2 rings (SSSR count). The molecule has 1 amide bonds. The van der Waals surface area contributed by atoms with Crippen LogP contribution in [0.2, 0.25) is 0 Å². The number of hydrogen-bond donors (Lipinski definition) is 2. The second kappa shape index (κ2) is 5.51. The van der Waals surface area contributed by atoms with Gasteiger partial charge in [-0.15, -0.1) is 0 Å². The van der Waals surface area contributed by atoms with Gasteiger partial charge in [-0.05, 0) is 18.6 Å². The number of carbonyl (C=O) groups is 2. The zero-order valence-electron chi connectivity index (χ0n) is 10.6. The summed E-state index contributed by atoms with van der Waals surface area (Å²) in [5, 5.41) is 11.8. The predicted molar refractivity (Wildman–Crippen MR) is 70.0 cm³/mol. The van der Waals surface area contributed by atoms with Crippen LogP contribution in [0.5, 0.6) is 0 Å². The Labute approximate surface area is 110 Å². The van der Waals surface area contributed by atoms with Crippen molar-refractivity contribution in [3.05, 3.63) is 30.1 Å². The Hall–Kier alpha value is -2.37. The van der Waals surface area contributed by atoms with E-state index in [1.165, 1.54) is 12.4 Å². The zero-order valence-corrected chi connectivity index (χ0v) is 10.6. The zero-order chi connectivity index (χ0) is 13.8. The van der Waals surface area contributed by atoms with Crippen LogP contribution in [-0.4, -0.2) is 33.1 Å². The van der Waals surface area contributed by atoms with Crippen LogP contribution in [0.4, 0.5) is 0 Å². The Morgan fingerprint density at radius 3 is 2.89 bits per heavy atom. The molecule has 6 nitrogen and oxygen atoms in total. The highest BCUT2D eigenvalue weighted by Crippen LogP contribution is 2.17. The van der Waals surface area contributed by atoms with Gasteiger partial charge in [0.15, 0.2) is 0 Å². The average molecular weight is 261 g/mol. The van der Waals surface area contributed by atoms with E-state index in [0.717, 1.165) is 6.42 Å². The number of amides is 1. The summed E-state index contributed by atoms with van der Waals surface area (Å²) in [4.78, 5) is 26.8. The molecule has 1 heterocycles. The van der Waals surface area contributed by atoms with Crippen LogP contribution in [0.15, 0.2) is 24.5 Å². The van der Waals surface area contributed by atoms with Crippen molar-refractivity contribution in [2.75, 3.05) is 6.54 Å². The number of carbonyl (C=O) groups excluding carboxylic acids is 1. The average Bonchev–Trinajstić information content (AvgIpc) is 2.79. The van der Waals surface area contributed by atoms with Gasteiger partial charge in [0.1, 0.15) is 12.1 Å². The molecule has 2 N–H and O–H groups in total. The Morgan fingerprint density at radius 2 is 2.21 bits per heavy atom. The highest BCUT2D eigenvalue weighted by atomic mass is 16.4. The SMILES string of the molecule is CCCNC(=O)Cn1cnc2c(C(=O)O)cccc21. The van der Waals surface area contributed by atoms with Crippen LogP contribution in [0.3, 0.4) is 0 Å². The second-order valence-corrected chi connectivity index (χ2v) is 4.20. The summed E-state index contributed by atoms with van der Waals surface area (Å²) in [7, 11) is 0. The van der Waals surface area contributed by atoms with Crippen molar-refractivity contribution in [2.45, 2.75) is 19.9 Å².